The number of hydrogen-bond donors (Lipinski definition) is 1. The van der Waals surface area contributed by atoms with Crippen molar-refractivity contribution in [2.75, 3.05) is 19.4 Å². The lowest BCUT2D eigenvalue weighted by molar-refractivity contribution is 0.403. The van der Waals surface area contributed by atoms with Gasteiger partial charge in [0.15, 0.2) is 0 Å². The van der Waals surface area contributed by atoms with E-state index in [0.29, 0.717) is 0 Å². The van der Waals surface area contributed by atoms with Crippen LogP contribution in [-0.2, 0) is 6.54 Å². The Morgan fingerprint density at radius 2 is 2.36 bits per heavy atom. The van der Waals surface area contributed by atoms with Crippen molar-refractivity contribution in [3.8, 4) is 5.75 Å². The van der Waals surface area contributed by atoms with Gasteiger partial charge in [-0.1, -0.05) is 15.9 Å². The highest BCUT2D eigenvalue weighted by atomic mass is 79.9. The average Bonchev–Trinajstić information content (AvgIpc) is 2.41. The molecule has 1 heterocycles. The predicted molar refractivity (Wildman–Crippen MR) is 63.1 cm³/mol. The molecule has 2 rings (SSSR count). The van der Waals surface area contributed by atoms with Crippen LogP contribution in [0.1, 0.15) is 5.56 Å². The van der Waals surface area contributed by atoms with Crippen LogP contribution in [0.4, 0.5) is 0 Å². The quantitative estimate of drug-likeness (QED) is 0.850. The number of hydrogen-bond acceptors (Lipinski definition) is 3. The maximum Gasteiger partial charge on any atom is 0.133 e. The van der Waals surface area contributed by atoms with Gasteiger partial charge in [-0.25, -0.2) is 0 Å². The van der Waals surface area contributed by atoms with Crippen molar-refractivity contribution in [2.45, 2.75) is 11.4 Å². The Morgan fingerprint density at radius 1 is 1.50 bits per heavy atom. The van der Waals surface area contributed by atoms with Crippen LogP contribution in [0.15, 0.2) is 21.5 Å². The van der Waals surface area contributed by atoms with Gasteiger partial charge in [0.1, 0.15) is 5.75 Å². The standard InChI is InChI=1S/C10H12BrNOS/c1-13-9-5-8(11)4-7-6-12-2-3-14-10(7)9/h4-5,12H,2-3,6H2,1H3. The number of methoxy groups -OCH3 is 1. The molecule has 14 heavy (non-hydrogen) atoms. The van der Waals surface area contributed by atoms with Crippen LogP contribution in [0.2, 0.25) is 0 Å². The monoisotopic (exact) mass is 273 g/mol. The summed E-state index contributed by atoms with van der Waals surface area (Å²) in [5, 5.41) is 3.38. The maximum atomic E-state index is 5.37. The van der Waals surface area contributed by atoms with Gasteiger partial charge in [0.2, 0.25) is 0 Å². The fraction of sp³-hybridized carbons (Fsp3) is 0.400. The first-order valence-corrected chi connectivity index (χ1v) is 6.29. The van der Waals surface area contributed by atoms with E-state index < -0.39 is 0 Å². The largest absolute Gasteiger partial charge is 0.496 e. The molecule has 0 fully saturated rings. The van der Waals surface area contributed by atoms with E-state index in [1.165, 1.54) is 10.5 Å². The van der Waals surface area contributed by atoms with Crippen molar-refractivity contribution in [1.29, 1.82) is 0 Å². The minimum Gasteiger partial charge on any atom is -0.496 e. The van der Waals surface area contributed by atoms with Gasteiger partial charge in [-0.15, -0.1) is 11.8 Å². The molecular formula is C10H12BrNOS. The average molecular weight is 274 g/mol. The zero-order valence-corrected chi connectivity index (χ0v) is 10.4. The van der Waals surface area contributed by atoms with Crippen LogP contribution >= 0.6 is 27.7 Å². The van der Waals surface area contributed by atoms with Crippen molar-refractivity contribution in [3.05, 3.63) is 22.2 Å². The van der Waals surface area contributed by atoms with Crippen molar-refractivity contribution in [1.82, 2.24) is 5.32 Å². The normalized spacial score (nSPS) is 15.9. The third-order valence-corrected chi connectivity index (χ3v) is 3.78. The van der Waals surface area contributed by atoms with Crippen LogP contribution in [0.5, 0.6) is 5.75 Å². The van der Waals surface area contributed by atoms with Crippen LogP contribution in [0, 0.1) is 0 Å². The SMILES string of the molecule is COc1cc(Br)cc2c1SCCNC2. The van der Waals surface area contributed by atoms with Crippen molar-refractivity contribution < 1.29 is 4.74 Å². The Balaban J connectivity index is 2.46. The molecule has 0 amide bonds. The van der Waals surface area contributed by atoms with Gasteiger partial charge >= 0.3 is 0 Å². The summed E-state index contributed by atoms with van der Waals surface area (Å²) in [6, 6.07) is 4.18. The van der Waals surface area contributed by atoms with Gasteiger partial charge in [0.25, 0.3) is 0 Å². The van der Waals surface area contributed by atoms with E-state index >= 15 is 0 Å². The van der Waals surface area contributed by atoms with Gasteiger partial charge in [0, 0.05) is 23.3 Å². The van der Waals surface area contributed by atoms with Crippen molar-refractivity contribution in [2.24, 2.45) is 0 Å². The molecular weight excluding hydrogens is 262 g/mol. The Hall–Kier alpha value is -0.190. The molecule has 1 aliphatic rings. The highest BCUT2D eigenvalue weighted by Gasteiger charge is 2.13. The molecule has 0 aliphatic carbocycles. The highest BCUT2D eigenvalue weighted by molar-refractivity contribution is 9.10. The van der Waals surface area contributed by atoms with E-state index in [0.717, 1.165) is 29.1 Å². The minimum atomic E-state index is 0.929. The summed E-state index contributed by atoms with van der Waals surface area (Å²) in [4.78, 5) is 1.28. The third kappa shape index (κ3) is 2.07. The topological polar surface area (TPSA) is 21.3 Å². The van der Waals surface area contributed by atoms with E-state index in [1.54, 1.807) is 7.11 Å². The van der Waals surface area contributed by atoms with Gasteiger partial charge in [0.05, 0.1) is 12.0 Å². The lowest BCUT2D eigenvalue weighted by Gasteiger charge is -2.11. The molecule has 2 nitrogen and oxygen atoms in total. The Labute approximate surface area is 96.5 Å². The summed E-state index contributed by atoms with van der Waals surface area (Å²) in [5.41, 5.74) is 1.32. The molecule has 0 atom stereocenters. The molecule has 0 unspecified atom stereocenters. The molecule has 76 valence electrons. The molecule has 0 spiro atoms. The van der Waals surface area contributed by atoms with Crippen molar-refractivity contribution in [3.63, 3.8) is 0 Å². The summed E-state index contributed by atoms with van der Waals surface area (Å²) in [5.74, 6) is 2.08. The lowest BCUT2D eigenvalue weighted by atomic mass is 10.2. The molecule has 1 N–H and O–H groups in total. The molecule has 4 heteroatoms. The van der Waals surface area contributed by atoms with E-state index in [1.807, 2.05) is 17.8 Å². The summed E-state index contributed by atoms with van der Waals surface area (Å²) >= 11 is 5.35. The fourth-order valence-electron chi connectivity index (χ4n) is 1.52. The predicted octanol–water partition coefficient (Wildman–Crippen LogP) is 2.65. The first-order chi connectivity index (χ1) is 6.81. The van der Waals surface area contributed by atoms with Crippen molar-refractivity contribution >= 4 is 27.7 Å². The van der Waals surface area contributed by atoms with Gasteiger partial charge in [-0.3, -0.25) is 0 Å². The second-order valence-electron chi connectivity index (χ2n) is 3.12. The third-order valence-electron chi connectivity index (χ3n) is 2.16. The minimum absolute atomic E-state index is 0.929. The Morgan fingerprint density at radius 3 is 3.14 bits per heavy atom. The molecule has 1 aromatic rings. The van der Waals surface area contributed by atoms with Gasteiger partial charge in [-0.05, 0) is 17.7 Å². The Kier molecular flexibility index (Phi) is 3.36. The number of nitrogens with one attached hydrogen (secondary N) is 1. The van der Waals surface area contributed by atoms with Gasteiger partial charge < -0.3 is 10.1 Å². The zero-order valence-electron chi connectivity index (χ0n) is 7.97. The molecule has 1 aromatic carbocycles. The zero-order chi connectivity index (χ0) is 9.97. The molecule has 0 saturated carbocycles. The molecule has 0 radical (unpaired) electrons. The van der Waals surface area contributed by atoms with E-state index in [-0.39, 0.29) is 0 Å². The summed E-state index contributed by atoms with van der Waals surface area (Å²) in [6.07, 6.45) is 0. The second-order valence-corrected chi connectivity index (χ2v) is 5.14. The molecule has 0 saturated heterocycles. The number of rotatable bonds is 1. The fourth-order valence-corrected chi connectivity index (χ4v) is 3.05. The van der Waals surface area contributed by atoms with Crippen LogP contribution < -0.4 is 10.1 Å². The number of ether oxygens (including phenoxy) is 1. The van der Waals surface area contributed by atoms with Crippen LogP contribution in [0.3, 0.4) is 0 Å². The summed E-state index contributed by atoms with van der Waals surface area (Å²) in [6.45, 7) is 1.98. The first kappa shape index (κ1) is 10.3. The Bertz CT molecular complexity index is 343. The number of fused-ring (bicyclic) bond motifs is 1. The van der Waals surface area contributed by atoms with Gasteiger partial charge in [-0.2, -0.15) is 0 Å². The first-order valence-electron chi connectivity index (χ1n) is 4.51. The van der Waals surface area contributed by atoms with E-state index in [4.69, 9.17) is 4.74 Å². The molecule has 1 aliphatic heterocycles. The summed E-state index contributed by atoms with van der Waals surface area (Å²) < 4.78 is 6.45. The second kappa shape index (κ2) is 4.55. The van der Waals surface area contributed by atoms with E-state index in [9.17, 15) is 0 Å². The number of thioether (sulfide) groups is 1. The highest BCUT2D eigenvalue weighted by Crippen LogP contribution is 2.36. The maximum absolute atomic E-state index is 5.37. The summed E-state index contributed by atoms with van der Waals surface area (Å²) in [7, 11) is 1.72. The number of benzene rings is 1. The number of halogens is 1. The van der Waals surface area contributed by atoms with Crippen LogP contribution in [0.25, 0.3) is 0 Å². The molecule has 0 aromatic heterocycles. The van der Waals surface area contributed by atoms with E-state index in [2.05, 4.69) is 27.3 Å². The smallest absolute Gasteiger partial charge is 0.133 e. The molecule has 0 bridgehead atoms. The van der Waals surface area contributed by atoms with Crippen LogP contribution in [-0.4, -0.2) is 19.4 Å². The lowest BCUT2D eigenvalue weighted by Crippen LogP contribution is -2.13.